The monoisotopic (exact) mass is 438 g/mol. The van der Waals surface area contributed by atoms with E-state index in [9.17, 15) is 9.59 Å². The number of nitrogens with two attached hydrogens (primary N) is 2. The summed E-state index contributed by atoms with van der Waals surface area (Å²) < 4.78 is 1.80. The Hall–Kier alpha value is -4.51. The van der Waals surface area contributed by atoms with Gasteiger partial charge in [-0.1, -0.05) is 42.5 Å². The van der Waals surface area contributed by atoms with Crippen LogP contribution in [0, 0.1) is 25.2 Å². The van der Waals surface area contributed by atoms with Gasteiger partial charge in [-0.15, -0.1) is 0 Å². The summed E-state index contributed by atoms with van der Waals surface area (Å²) in [6, 6.07) is 16.8. The Labute approximate surface area is 190 Å². The van der Waals surface area contributed by atoms with Crippen molar-refractivity contribution in [1.29, 1.82) is 5.26 Å². The normalized spacial score (nSPS) is 10.8. The second-order valence-electron chi connectivity index (χ2n) is 7.81. The van der Waals surface area contributed by atoms with Gasteiger partial charge in [0.1, 0.15) is 5.69 Å². The molecule has 2 aromatic carbocycles. The van der Waals surface area contributed by atoms with Gasteiger partial charge < -0.3 is 11.5 Å². The van der Waals surface area contributed by atoms with E-state index in [1.54, 1.807) is 35.9 Å². The first-order valence-electron chi connectivity index (χ1n) is 10.3. The molecule has 2 amide bonds. The zero-order valence-corrected chi connectivity index (χ0v) is 18.3. The van der Waals surface area contributed by atoms with E-state index in [0.29, 0.717) is 40.7 Å². The molecule has 0 spiro atoms. The number of aromatic nitrogens is 3. The van der Waals surface area contributed by atoms with Gasteiger partial charge in [-0.05, 0) is 31.0 Å². The fourth-order valence-electron chi connectivity index (χ4n) is 4.13. The van der Waals surface area contributed by atoms with Crippen LogP contribution in [-0.4, -0.2) is 26.6 Å². The maximum atomic E-state index is 12.6. The number of carbonyl (C=O) groups excluding carboxylic acids is 2. The molecule has 0 saturated heterocycles. The molecular weight excluding hydrogens is 416 g/mol. The van der Waals surface area contributed by atoms with E-state index in [1.165, 1.54) is 0 Å². The fourth-order valence-corrected chi connectivity index (χ4v) is 4.13. The number of para-hydroxylation sites is 1. The Balaban J connectivity index is 1.90. The molecule has 8 heteroatoms. The Morgan fingerprint density at radius 3 is 2.27 bits per heavy atom. The predicted octanol–water partition coefficient (Wildman–Crippen LogP) is 3.03. The van der Waals surface area contributed by atoms with Crippen molar-refractivity contribution >= 4 is 22.7 Å². The molecule has 0 unspecified atom stereocenters. The van der Waals surface area contributed by atoms with Gasteiger partial charge in [-0.25, -0.2) is 4.98 Å². The molecule has 0 aliphatic rings. The second-order valence-corrected chi connectivity index (χ2v) is 7.81. The van der Waals surface area contributed by atoms with Gasteiger partial charge in [0.15, 0.2) is 0 Å². The summed E-state index contributed by atoms with van der Waals surface area (Å²) in [6.45, 7) is 4.14. The number of nitrogens with zero attached hydrogens (tertiary/aromatic N) is 4. The van der Waals surface area contributed by atoms with Crippen molar-refractivity contribution in [3.05, 3.63) is 82.3 Å². The van der Waals surface area contributed by atoms with Crippen molar-refractivity contribution in [3.63, 3.8) is 0 Å². The molecular formula is C25H22N6O2. The number of amides is 2. The van der Waals surface area contributed by atoms with Gasteiger partial charge in [0.25, 0.3) is 5.91 Å². The third-order valence-corrected chi connectivity index (χ3v) is 5.64. The van der Waals surface area contributed by atoms with E-state index in [4.69, 9.17) is 16.7 Å². The van der Waals surface area contributed by atoms with Crippen molar-refractivity contribution in [2.24, 2.45) is 11.5 Å². The highest BCUT2D eigenvalue weighted by molar-refractivity contribution is 6.15. The van der Waals surface area contributed by atoms with Gasteiger partial charge in [0, 0.05) is 22.2 Å². The topological polar surface area (TPSA) is 141 Å². The van der Waals surface area contributed by atoms with Crippen molar-refractivity contribution < 1.29 is 9.59 Å². The van der Waals surface area contributed by atoms with Crippen LogP contribution in [0.5, 0.6) is 0 Å². The lowest BCUT2D eigenvalue weighted by molar-refractivity contribution is 0.0996. The highest BCUT2D eigenvalue weighted by atomic mass is 16.1. The maximum Gasteiger partial charge on any atom is 0.267 e. The zero-order valence-electron chi connectivity index (χ0n) is 18.3. The minimum Gasteiger partial charge on any atom is -0.366 e. The van der Waals surface area contributed by atoms with E-state index < -0.39 is 11.8 Å². The molecule has 0 radical (unpaired) electrons. The number of carbonyl (C=O) groups is 2. The molecule has 2 aromatic heterocycles. The first-order chi connectivity index (χ1) is 15.8. The predicted molar refractivity (Wildman–Crippen MR) is 124 cm³/mol. The van der Waals surface area contributed by atoms with Gasteiger partial charge >= 0.3 is 0 Å². The van der Waals surface area contributed by atoms with Crippen LogP contribution in [0.4, 0.5) is 0 Å². The van der Waals surface area contributed by atoms with Crippen molar-refractivity contribution in [2.45, 2.75) is 26.8 Å². The van der Waals surface area contributed by atoms with Crippen molar-refractivity contribution in [1.82, 2.24) is 14.8 Å². The molecule has 8 nitrogen and oxygen atoms in total. The summed E-state index contributed by atoms with van der Waals surface area (Å²) in [7, 11) is 0. The molecule has 0 saturated carbocycles. The number of fused-ring (bicyclic) bond motifs is 1. The molecule has 0 atom stereocenters. The number of benzene rings is 2. The second kappa shape index (κ2) is 8.55. The van der Waals surface area contributed by atoms with Gasteiger partial charge in [0.05, 0.1) is 35.8 Å². The SMILES string of the molecule is Cc1nn(Cc2ccc(CC#N)cc2)c(C)c1-c1c(C(N)=O)nc2ccccc2c1C(N)=O. The van der Waals surface area contributed by atoms with Crippen LogP contribution in [0.2, 0.25) is 0 Å². The molecule has 0 aliphatic carbocycles. The van der Waals surface area contributed by atoms with Crippen LogP contribution in [0.15, 0.2) is 48.5 Å². The van der Waals surface area contributed by atoms with Crippen LogP contribution in [0.25, 0.3) is 22.0 Å². The van der Waals surface area contributed by atoms with Crippen molar-refractivity contribution in [2.75, 3.05) is 0 Å². The Kier molecular flexibility index (Phi) is 5.63. The van der Waals surface area contributed by atoms with Crippen LogP contribution in [-0.2, 0) is 13.0 Å². The van der Waals surface area contributed by atoms with E-state index in [-0.39, 0.29) is 11.3 Å². The smallest absolute Gasteiger partial charge is 0.267 e. The largest absolute Gasteiger partial charge is 0.366 e. The highest BCUT2D eigenvalue weighted by Gasteiger charge is 2.27. The molecule has 4 aromatic rings. The molecule has 164 valence electrons. The summed E-state index contributed by atoms with van der Waals surface area (Å²) in [4.78, 5) is 29.4. The van der Waals surface area contributed by atoms with Crippen LogP contribution in [0.3, 0.4) is 0 Å². The quantitative estimate of drug-likeness (QED) is 0.476. The molecule has 33 heavy (non-hydrogen) atoms. The van der Waals surface area contributed by atoms with Gasteiger partial charge in [-0.3, -0.25) is 14.3 Å². The minimum atomic E-state index is -0.752. The summed E-state index contributed by atoms with van der Waals surface area (Å²) >= 11 is 0. The fraction of sp³-hybridized carbons (Fsp3) is 0.160. The molecule has 0 bridgehead atoms. The van der Waals surface area contributed by atoms with E-state index in [1.807, 2.05) is 31.2 Å². The lowest BCUT2D eigenvalue weighted by Crippen LogP contribution is -2.21. The lowest BCUT2D eigenvalue weighted by Gasteiger charge is -2.14. The first-order valence-corrected chi connectivity index (χ1v) is 10.3. The van der Waals surface area contributed by atoms with E-state index in [0.717, 1.165) is 16.8 Å². The number of hydrogen-bond donors (Lipinski definition) is 2. The molecule has 4 rings (SSSR count). The number of pyridine rings is 1. The Morgan fingerprint density at radius 2 is 1.64 bits per heavy atom. The average molecular weight is 438 g/mol. The van der Waals surface area contributed by atoms with Crippen molar-refractivity contribution in [3.8, 4) is 17.2 Å². The standard InChI is InChI=1S/C25H22N6O2/c1-14-20(15(2)31(30-14)13-17-9-7-16(8-10-17)11-12-26)22-21(24(27)32)18-5-3-4-6-19(18)29-23(22)25(28)33/h3-10H,11,13H2,1-2H3,(H2,27,32)(H2,28,33). The summed E-state index contributed by atoms with van der Waals surface area (Å²) in [6.07, 6.45) is 0.352. The van der Waals surface area contributed by atoms with Crippen LogP contribution in [0.1, 0.15) is 43.4 Å². The maximum absolute atomic E-state index is 12.6. The van der Waals surface area contributed by atoms with Crippen LogP contribution < -0.4 is 11.5 Å². The average Bonchev–Trinajstić information content (AvgIpc) is 3.06. The van der Waals surface area contributed by atoms with Gasteiger partial charge in [-0.2, -0.15) is 10.4 Å². The minimum absolute atomic E-state index is 0.0193. The third-order valence-electron chi connectivity index (χ3n) is 5.64. The lowest BCUT2D eigenvalue weighted by atomic mass is 9.92. The number of nitriles is 1. The summed E-state index contributed by atoms with van der Waals surface area (Å²) in [5.74, 6) is -1.43. The highest BCUT2D eigenvalue weighted by Crippen LogP contribution is 2.36. The first kappa shape index (κ1) is 21.7. The van der Waals surface area contributed by atoms with Crippen LogP contribution >= 0.6 is 0 Å². The number of hydrogen-bond acceptors (Lipinski definition) is 5. The molecule has 2 heterocycles. The third kappa shape index (κ3) is 3.92. The zero-order chi connectivity index (χ0) is 23.7. The number of aryl methyl sites for hydroxylation is 1. The molecule has 0 aliphatic heterocycles. The van der Waals surface area contributed by atoms with E-state index in [2.05, 4.69) is 16.2 Å². The van der Waals surface area contributed by atoms with E-state index >= 15 is 0 Å². The molecule has 0 fully saturated rings. The molecule has 4 N–H and O–H groups in total. The number of primary amides is 2. The number of rotatable bonds is 6. The Bertz CT molecular complexity index is 1440. The summed E-state index contributed by atoms with van der Waals surface area (Å²) in [5.41, 5.74) is 16.3. The van der Waals surface area contributed by atoms with Gasteiger partial charge in [0.2, 0.25) is 5.91 Å². The summed E-state index contributed by atoms with van der Waals surface area (Å²) in [5, 5.41) is 14.1. The Morgan fingerprint density at radius 1 is 0.970 bits per heavy atom.